The number of likely N-dealkylation sites (N-methyl/N-ethyl adjacent to an activating group) is 1. The summed E-state index contributed by atoms with van der Waals surface area (Å²) in [6.07, 6.45) is -0.342. The molecular formula is C13H20N4O6S2. The number of hydrogen-bond acceptors (Lipinski definition) is 10. The molecule has 0 spiro atoms. The summed E-state index contributed by atoms with van der Waals surface area (Å²) in [5, 5.41) is 20.7. The molecule has 10 nitrogen and oxygen atoms in total. The number of carbonyl (C=O) groups excluding carboxylic acids is 1. The van der Waals surface area contributed by atoms with Gasteiger partial charge >= 0.3 is 11.1 Å². The molecule has 25 heavy (non-hydrogen) atoms. The van der Waals surface area contributed by atoms with Crippen molar-refractivity contribution in [2.75, 3.05) is 32.6 Å². The highest BCUT2D eigenvalue weighted by atomic mass is 32.2. The van der Waals surface area contributed by atoms with Gasteiger partial charge < -0.3 is 14.7 Å². The van der Waals surface area contributed by atoms with E-state index in [2.05, 4.69) is 10.2 Å². The Morgan fingerprint density at radius 1 is 1.52 bits per heavy atom. The molecule has 1 aromatic heterocycles. The summed E-state index contributed by atoms with van der Waals surface area (Å²) in [4.78, 5) is 13.9. The molecule has 3 atom stereocenters. The maximum atomic E-state index is 13.3. The molecule has 0 saturated carbocycles. The van der Waals surface area contributed by atoms with Gasteiger partial charge in [-0.3, -0.25) is 4.65 Å². The minimum Gasteiger partial charge on any atom is -0.622 e. The predicted molar refractivity (Wildman–Crippen MR) is 89.1 cm³/mol. The first-order chi connectivity index (χ1) is 11.8. The van der Waals surface area contributed by atoms with Crippen molar-refractivity contribution in [1.82, 2.24) is 19.7 Å². The molecule has 140 valence electrons. The fourth-order valence-corrected chi connectivity index (χ4v) is 4.94. The number of carbonyl (C=O) groups is 1. The van der Waals surface area contributed by atoms with Gasteiger partial charge in [0.2, 0.25) is 14.2 Å². The smallest absolute Gasteiger partial charge is 0.339 e. The van der Waals surface area contributed by atoms with E-state index < -0.39 is 32.8 Å². The molecule has 0 aromatic carbocycles. The number of rotatable bonds is 5. The minimum atomic E-state index is -3.55. The molecular weight excluding hydrogens is 372 g/mol. The topological polar surface area (TPSA) is 122 Å². The van der Waals surface area contributed by atoms with Crippen LogP contribution < -0.4 is 4.65 Å². The number of quaternary nitrogens is 1. The molecule has 0 N–H and O–H groups in total. The van der Waals surface area contributed by atoms with Gasteiger partial charge in [0.1, 0.15) is 6.67 Å². The van der Waals surface area contributed by atoms with Gasteiger partial charge in [-0.05, 0) is 31.2 Å². The highest BCUT2D eigenvalue weighted by Crippen LogP contribution is 2.35. The number of hydroxylamine groups is 2. The van der Waals surface area contributed by atoms with E-state index in [1.54, 1.807) is 11.9 Å². The van der Waals surface area contributed by atoms with Crippen LogP contribution in [0.15, 0.2) is 4.34 Å². The van der Waals surface area contributed by atoms with E-state index in [-0.39, 0.29) is 28.4 Å². The molecule has 0 radical (unpaired) electrons. The number of ether oxygens (including phenoxy) is 2. The third kappa shape index (κ3) is 3.55. The van der Waals surface area contributed by atoms with Crippen molar-refractivity contribution in [3.05, 3.63) is 5.21 Å². The van der Waals surface area contributed by atoms with Crippen molar-refractivity contribution in [3.8, 4) is 0 Å². The summed E-state index contributed by atoms with van der Waals surface area (Å²) in [5.41, 5.74) is 0. The molecule has 12 heteroatoms. The summed E-state index contributed by atoms with van der Waals surface area (Å²) in [7, 11) is -1.83. The maximum absolute atomic E-state index is 13.3. The summed E-state index contributed by atoms with van der Waals surface area (Å²) in [6.45, 7) is 2.20. The lowest BCUT2D eigenvalue weighted by Gasteiger charge is -2.38. The average molecular weight is 392 g/mol. The SMILES string of the molecule is CCS(=O)(=O)c1nnc([N+]2([O-])CN(C)CC2OC(=O)C2CCCO2)s1. The van der Waals surface area contributed by atoms with Gasteiger partial charge in [0.25, 0.3) is 6.23 Å². The zero-order chi connectivity index (χ0) is 18.2. The molecule has 2 aliphatic heterocycles. The maximum Gasteiger partial charge on any atom is 0.339 e. The van der Waals surface area contributed by atoms with E-state index in [0.717, 1.165) is 17.8 Å². The van der Waals surface area contributed by atoms with Crippen LogP contribution in [0.5, 0.6) is 0 Å². The lowest BCUT2D eigenvalue weighted by atomic mass is 10.2. The Balaban J connectivity index is 1.83. The largest absolute Gasteiger partial charge is 0.622 e. The highest BCUT2D eigenvalue weighted by molar-refractivity contribution is 7.93. The van der Waals surface area contributed by atoms with Crippen LogP contribution in [0.4, 0.5) is 5.13 Å². The molecule has 0 aliphatic carbocycles. The summed E-state index contributed by atoms with van der Waals surface area (Å²) in [6, 6.07) is 0. The van der Waals surface area contributed by atoms with Gasteiger partial charge in [-0.15, -0.1) is 5.10 Å². The van der Waals surface area contributed by atoms with E-state index in [0.29, 0.717) is 13.0 Å². The average Bonchev–Trinajstić information content (AvgIpc) is 3.28. The lowest BCUT2D eigenvalue weighted by molar-refractivity contribution is -0.164. The zero-order valence-corrected chi connectivity index (χ0v) is 15.6. The second kappa shape index (κ2) is 6.85. The van der Waals surface area contributed by atoms with Crippen molar-refractivity contribution in [2.24, 2.45) is 0 Å². The van der Waals surface area contributed by atoms with Crippen LogP contribution in [-0.2, 0) is 24.1 Å². The molecule has 2 aliphatic rings. The Bertz CT molecular complexity index is 747. The normalized spacial score (nSPS) is 30.7. The molecule has 0 amide bonds. The molecule has 3 heterocycles. The third-order valence-electron chi connectivity index (χ3n) is 4.20. The van der Waals surface area contributed by atoms with Crippen LogP contribution in [0.1, 0.15) is 19.8 Å². The first-order valence-electron chi connectivity index (χ1n) is 7.92. The second-order valence-corrected chi connectivity index (χ2v) is 9.53. The quantitative estimate of drug-likeness (QED) is 0.390. The van der Waals surface area contributed by atoms with E-state index in [4.69, 9.17) is 9.47 Å². The van der Waals surface area contributed by atoms with E-state index in [1.165, 1.54) is 6.92 Å². The monoisotopic (exact) mass is 392 g/mol. The van der Waals surface area contributed by atoms with E-state index >= 15 is 0 Å². The number of hydrogen-bond donors (Lipinski definition) is 0. The van der Waals surface area contributed by atoms with Crippen molar-refractivity contribution in [1.29, 1.82) is 0 Å². The Labute approximate surface area is 149 Å². The van der Waals surface area contributed by atoms with Crippen molar-refractivity contribution in [2.45, 2.75) is 36.4 Å². The number of nitrogens with zero attached hydrogens (tertiary/aromatic N) is 4. The molecule has 2 saturated heterocycles. The zero-order valence-electron chi connectivity index (χ0n) is 14.0. The summed E-state index contributed by atoms with van der Waals surface area (Å²) in [5.74, 6) is -0.695. The van der Waals surface area contributed by atoms with Gasteiger partial charge in [0.15, 0.2) is 6.10 Å². The van der Waals surface area contributed by atoms with Crippen molar-refractivity contribution < 1.29 is 22.7 Å². The minimum absolute atomic E-state index is 0.00965. The third-order valence-corrected chi connectivity index (χ3v) is 7.41. The van der Waals surface area contributed by atoms with Crippen LogP contribution >= 0.6 is 11.3 Å². The van der Waals surface area contributed by atoms with Gasteiger partial charge in [-0.1, -0.05) is 12.0 Å². The van der Waals surface area contributed by atoms with Gasteiger partial charge in [0.05, 0.1) is 12.3 Å². The van der Waals surface area contributed by atoms with Crippen molar-refractivity contribution >= 4 is 32.3 Å². The van der Waals surface area contributed by atoms with E-state index in [9.17, 15) is 18.4 Å². The van der Waals surface area contributed by atoms with Crippen LogP contribution in [0.2, 0.25) is 0 Å². The first-order valence-corrected chi connectivity index (χ1v) is 10.4. The Hall–Kier alpha value is -1.18. The lowest BCUT2D eigenvalue weighted by Crippen LogP contribution is -2.51. The van der Waals surface area contributed by atoms with E-state index in [1.807, 2.05) is 0 Å². The van der Waals surface area contributed by atoms with Gasteiger partial charge in [0, 0.05) is 6.61 Å². The fourth-order valence-electron chi connectivity index (χ4n) is 2.79. The molecule has 1 aromatic rings. The van der Waals surface area contributed by atoms with Crippen LogP contribution in [-0.4, -0.2) is 74.4 Å². The summed E-state index contributed by atoms with van der Waals surface area (Å²) < 4.78 is 33.3. The summed E-state index contributed by atoms with van der Waals surface area (Å²) >= 11 is 0.726. The van der Waals surface area contributed by atoms with Crippen molar-refractivity contribution in [3.63, 3.8) is 0 Å². The van der Waals surface area contributed by atoms with Gasteiger partial charge in [-0.2, -0.15) is 0 Å². The first kappa shape index (κ1) is 18.6. The highest BCUT2D eigenvalue weighted by Gasteiger charge is 2.46. The second-order valence-electron chi connectivity index (χ2n) is 6.12. The number of esters is 1. The Kier molecular flexibility index (Phi) is 5.10. The van der Waals surface area contributed by atoms with Crippen LogP contribution in [0, 0.1) is 5.21 Å². The Morgan fingerprint density at radius 3 is 2.92 bits per heavy atom. The number of sulfone groups is 1. The van der Waals surface area contributed by atoms with Gasteiger partial charge in [-0.25, -0.2) is 18.1 Å². The van der Waals surface area contributed by atoms with Crippen LogP contribution in [0.25, 0.3) is 0 Å². The molecule has 3 unspecified atom stereocenters. The predicted octanol–water partition coefficient (Wildman–Crippen LogP) is 0.0880. The fraction of sp³-hybridized carbons (Fsp3) is 0.769. The Morgan fingerprint density at radius 2 is 2.28 bits per heavy atom. The molecule has 3 rings (SSSR count). The van der Waals surface area contributed by atoms with Crippen LogP contribution in [0.3, 0.4) is 0 Å². The standard InChI is InChI=1S/C13H20N4O6S2/c1-3-25(20,21)13-15-14-12(24-13)17(19)8-16(2)7-10(17)23-11(18)9-5-4-6-22-9/h9-10H,3-8H2,1-2H3. The molecule has 0 bridgehead atoms. The number of aromatic nitrogens is 2. The molecule has 2 fully saturated rings.